The van der Waals surface area contributed by atoms with Crippen molar-refractivity contribution < 1.29 is 22.1 Å². The molecule has 0 bridgehead atoms. The van der Waals surface area contributed by atoms with Gasteiger partial charge in [-0.3, -0.25) is 0 Å². The highest BCUT2D eigenvalue weighted by Gasteiger charge is 2.23. The van der Waals surface area contributed by atoms with Gasteiger partial charge in [-0.15, -0.1) is 0 Å². The second kappa shape index (κ2) is 10.5. The molecule has 0 saturated heterocycles. The first kappa shape index (κ1) is 24.8. The summed E-state index contributed by atoms with van der Waals surface area (Å²) in [7, 11) is 1.59. The van der Waals surface area contributed by atoms with Gasteiger partial charge in [0.05, 0.1) is 7.11 Å². The van der Waals surface area contributed by atoms with Crippen LogP contribution in [0.25, 0.3) is 11.1 Å². The monoisotopic (exact) mass is 494 g/mol. The molecule has 1 aliphatic rings. The van der Waals surface area contributed by atoms with Gasteiger partial charge in [-0.05, 0) is 96.7 Å². The Morgan fingerprint density at radius 2 is 1.49 bits per heavy atom. The summed E-state index contributed by atoms with van der Waals surface area (Å²) in [6.07, 6.45) is 1.53. The summed E-state index contributed by atoms with van der Waals surface area (Å²) in [5.74, 6) is 1.83. The predicted octanol–water partition coefficient (Wildman–Crippen LogP) is 4.12. The molecule has 0 saturated carbocycles. The van der Waals surface area contributed by atoms with Crippen LogP contribution < -0.4 is 18.8 Å². The molecular formula is C27H30N2O5S. The van der Waals surface area contributed by atoms with Crippen LogP contribution in [0.4, 0.5) is 0 Å². The van der Waals surface area contributed by atoms with Crippen LogP contribution in [0, 0.1) is 0 Å². The van der Waals surface area contributed by atoms with Crippen LogP contribution in [0.3, 0.4) is 0 Å². The number of rotatable bonds is 9. The average molecular weight is 495 g/mol. The number of benzene rings is 3. The molecule has 3 aromatic carbocycles. The Kier molecular flexibility index (Phi) is 7.45. The van der Waals surface area contributed by atoms with Crippen LogP contribution in [0.2, 0.25) is 0 Å². The number of methoxy groups -OCH3 is 1. The molecule has 0 amide bonds. The molecular weight excluding hydrogens is 464 g/mol. The summed E-state index contributed by atoms with van der Waals surface area (Å²) in [6.45, 7) is 1.45. The molecule has 0 unspecified atom stereocenters. The normalized spacial score (nSPS) is 13.5. The maximum absolute atomic E-state index is 11.4. The number of nitrogens with two attached hydrogens (primary N) is 1. The topological polar surface area (TPSA) is 91.1 Å². The fraction of sp³-hybridized carbons (Fsp3) is 0.259. The standard InChI is InChI=1S/C27H30N2O5S/c1-29(2)16-17-33-23-11-6-20(7-12-23)27-25(19-4-9-22(32-3)10-5-19)14-8-21-18-24(13-15-26(21)27)34-35(28,30)31/h4-7,9-13,15,18H,8,14,16-17H2,1-3H3,(H2,28,30,31). The van der Waals surface area contributed by atoms with E-state index in [9.17, 15) is 8.42 Å². The first-order chi connectivity index (χ1) is 16.7. The lowest BCUT2D eigenvalue weighted by Gasteiger charge is -2.25. The SMILES string of the molecule is COc1ccc(C2=C(c3ccc(OCCN(C)C)cc3)c3ccc(OS(N)(=O)=O)cc3CC2)cc1. The zero-order valence-corrected chi connectivity index (χ0v) is 21.0. The molecule has 8 heteroatoms. The van der Waals surface area contributed by atoms with E-state index in [2.05, 4.69) is 29.2 Å². The number of hydrogen-bond acceptors (Lipinski definition) is 6. The van der Waals surface area contributed by atoms with Crippen molar-refractivity contribution in [3.05, 3.63) is 89.0 Å². The molecule has 0 radical (unpaired) electrons. The Labute approximate surface area is 207 Å². The summed E-state index contributed by atoms with van der Waals surface area (Å²) in [5, 5.41) is 5.06. The molecule has 3 aromatic rings. The van der Waals surface area contributed by atoms with Gasteiger partial charge in [-0.1, -0.05) is 30.3 Å². The molecule has 0 aromatic heterocycles. The number of ether oxygens (including phenoxy) is 2. The van der Waals surface area contributed by atoms with Crippen LogP contribution in [-0.4, -0.2) is 47.7 Å². The molecule has 7 nitrogen and oxygen atoms in total. The highest BCUT2D eigenvalue weighted by atomic mass is 32.2. The first-order valence-corrected chi connectivity index (χ1v) is 12.8. The molecule has 2 N–H and O–H groups in total. The predicted molar refractivity (Wildman–Crippen MR) is 138 cm³/mol. The van der Waals surface area contributed by atoms with E-state index in [1.807, 2.05) is 44.4 Å². The fourth-order valence-corrected chi connectivity index (χ4v) is 4.60. The van der Waals surface area contributed by atoms with E-state index >= 15 is 0 Å². The first-order valence-electron chi connectivity index (χ1n) is 11.3. The van der Waals surface area contributed by atoms with Crippen molar-refractivity contribution in [2.75, 3.05) is 34.4 Å². The smallest absolute Gasteiger partial charge is 0.380 e. The van der Waals surface area contributed by atoms with E-state index in [-0.39, 0.29) is 5.75 Å². The third-order valence-corrected chi connectivity index (χ3v) is 6.32. The Balaban J connectivity index is 1.75. The number of allylic oxidation sites excluding steroid dienone is 1. The van der Waals surface area contributed by atoms with Gasteiger partial charge in [0.25, 0.3) is 0 Å². The van der Waals surface area contributed by atoms with Gasteiger partial charge in [-0.2, -0.15) is 13.6 Å². The van der Waals surface area contributed by atoms with Gasteiger partial charge < -0.3 is 18.6 Å². The Morgan fingerprint density at radius 3 is 2.11 bits per heavy atom. The molecule has 184 valence electrons. The van der Waals surface area contributed by atoms with Crippen molar-refractivity contribution in [3.63, 3.8) is 0 Å². The largest absolute Gasteiger partial charge is 0.497 e. The van der Waals surface area contributed by atoms with E-state index in [0.29, 0.717) is 6.61 Å². The zero-order valence-electron chi connectivity index (χ0n) is 20.2. The molecule has 0 spiro atoms. The number of fused-ring (bicyclic) bond motifs is 1. The summed E-state index contributed by atoms with van der Waals surface area (Å²) < 4.78 is 38.9. The fourth-order valence-electron chi connectivity index (χ4n) is 4.23. The maximum atomic E-state index is 11.4. The number of nitrogens with zero attached hydrogens (tertiary/aromatic N) is 1. The van der Waals surface area contributed by atoms with Gasteiger partial charge >= 0.3 is 10.3 Å². The average Bonchev–Trinajstić information content (AvgIpc) is 2.82. The van der Waals surface area contributed by atoms with Gasteiger partial charge in [0.2, 0.25) is 0 Å². The minimum absolute atomic E-state index is 0.211. The highest BCUT2D eigenvalue weighted by Crippen LogP contribution is 2.42. The van der Waals surface area contributed by atoms with E-state index in [0.717, 1.165) is 58.7 Å². The molecule has 0 heterocycles. The minimum Gasteiger partial charge on any atom is -0.497 e. The van der Waals surface area contributed by atoms with Crippen molar-refractivity contribution in [1.29, 1.82) is 0 Å². The van der Waals surface area contributed by atoms with Crippen molar-refractivity contribution >= 4 is 21.5 Å². The van der Waals surface area contributed by atoms with Crippen molar-refractivity contribution in [3.8, 4) is 17.2 Å². The van der Waals surface area contributed by atoms with Crippen LogP contribution in [0.15, 0.2) is 66.7 Å². The molecule has 0 aliphatic heterocycles. The second-order valence-electron chi connectivity index (χ2n) is 8.65. The highest BCUT2D eigenvalue weighted by molar-refractivity contribution is 7.84. The van der Waals surface area contributed by atoms with Crippen LogP contribution in [-0.2, 0) is 16.7 Å². The van der Waals surface area contributed by atoms with Crippen molar-refractivity contribution in [2.45, 2.75) is 12.8 Å². The third-order valence-electron chi connectivity index (χ3n) is 5.89. The lowest BCUT2D eigenvalue weighted by Crippen LogP contribution is -2.19. The van der Waals surface area contributed by atoms with Gasteiger partial charge in [0.15, 0.2) is 0 Å². The van der Waals surface area contributed by atoms with Gasteiger partial charge in [0, 0.05) is 6.54 Å². The quantitative estimate of drug-likeness (QED) is 0.481. The minimum atomic E-state index is -4.09. The summed E-state index contributed by atoms with van der Waals surface area (Å²) in [5.41, 5.74) is 6.51. The summed E-state index contributed by atoms with van der Waals surface area (Å²) in [4.78, 5) is 2.08. The van der Waals surface area contributed by atoms with E-state index in [1.54, 1.807) is 19.2 Å². The molecule has 1 aliphatic carbocycles. The van der Waals surface area contributed by atoms with Crippen LogP contribution in [0.5, 0.6) is 17.2 Å². The Hall–Kier alpha value is -3.33. The van der Waals surface area contributed by atoms with E-state index < -0.39 is 10.3 Å². The molecule has 35 heavy (non-hydrogen) atoms. The van der Waals surface area contributed by atoms with Crippen molar-refractivity contribution in [1.82, 2.24) is 4.90 Å². The molecule has 0 fully saturated rings. The van der Waals surface area contributed by atoms with Gasteiger partial charge in [0.1, 0.15) is 23.9 Å². The lowest BCUT2D eigenvalue weighted by atomic mass is 9.79. The van der Waals surface area contributed by atoms with E-state index in [4.69, 9.17) is 18.8 Å². The van der Waals surface area contributed by atoms with Crippen LogP contribution >= 0.6 is 0 Å². The summed E-state index contributed by atoms with van der Waals surface area (Å²) in [6, 6.07) is 21.4. The Morgan fingerprint density at radius 1 is 0.857 bits per heavy atom. The Bertz CT molecular complexity index is 1310. The summed E-state index contributed by atoms with van der Waals surface area (Å²) >= 11 is 0. The number of aryl methyl sites for hydroxylation is 1. The van der Waals surface area contributed by atoms with Crippen LogP contribution in [0.1, 0.15) is 28.7 Å². The molecule has 4 rings (SSSR count). The number of likely N-dealkylation sites (N-methyl/N-ethyl adjacent to an activating group) is 1. The molecule has 0 atom stereocenters. The van der Waals surface area contributed by atoms with Gasteiger partial charge in [-0.25, -0.2) is 0 Å². The third kappa shape index (κ3) is 6.22. The number of hydrogen-bond donors (Lipinski definition) is 1. The second-order valence-corrected chi connectivity index (χ2v) is 9.81. The zero-order chi connectivity index (χ0) is 25.0. The van der Waals surface area contributed by atoms with E-state index in [1.165, 1.54) is 5.57 Å². The lowest BCUT2D eigenvalue weighted by molar-refractivity contribution is 0.261. The van der Waals surface area contributed by atoms with Crippen molar-refractivity contribution in [2.24, 2.45) is 5.14 Å². The maximum Gasteiger partial charge on any atom is 0.380 e.